The summed E-state index contributed by atoms with van der Waals surface area (Å²) >= 11 is 12.3. The monoisotopic (exact) mass is 383 g/mol. The van der Waals surface area contributed by atoms with Crippen LogP contribution in [0.3, 0.4) is 0 Å². The van der Waals surface area contributed by atoms with Gasteiger partial charge in [-0.1, -0.05) is 35.3 Å². The van der Waals surface area contributed by atoms with Crippen molar-refractivity contribution in [2.75, 3.05) is 13.2 Å². The van der Waals surface area contributed by atoms with Gasteiger partial charge in [-0.15, -0.1) is 0 Å². The lowest BCUT2D eigenvalue weighted by Gasteiger charge is -2.16. The molecule has 0 spiro atoms. The Kier molecular flexibility index (Phi) is 7.85. The third-order valence-corrected chi connectivity index (χ3v) is 3.97. The molecule has 25 heavy (non-hydrogen) atoms. The summed E-state index contributed by atoms with van der Waals surface area (Å²) in [6.07, 6.45) is -0.399. The highest BCUT2D eigenvalue weighted by Crippen LogP contribution is 2.37. The molecule has 0 saturated carbocycles. The minimum Gasteiger partial charge on any atom is -0.490 e. The van der Waals surface area contributed by atoms with E-state index >= 15 is 0 Å². The Hall–Kier alpha value is -1.46. The fourth-order valence-electron chi connectivity index (χ4n) is 2.29. The van der Waals surface area contributed by atoms with Crippen LogP contribution in [0.1, 0.15) is 25.0 Å². The second-order valence-corrected chi connectivity index (χ2v) is 6.58. The van der Waals surface area contributed by atoms with Crippen molar-refractivity contribution in [1.29, 1.82) is 0 Å². The number of hydrogen-bond acceptors (Lipinski definition) is 4. The van der Waals surface area contributed by atoms with E-state index in [1.165, 1.54) is 0 Å². The molecule has 0 aliphatic carbocycles. The Morgan fingerprint density at radius 3 is 2.44 bits per heavy atom. The highest BCUT2D eigenvalue weighted by atomic mass is 35.5. The maximum atomic E-state index is 9.32. The van der Waals surface area contributed by atoms with E-state index in [1.807, 2.05) is 43.3 Å². The zero-order chi connectivity index (χ0) is 18.2. The molecule has 136 valence electrons. The summed E-state index contributed by atoms with van der Waals surface area (Å²) in [6.45, 7) is 5.63. The zero-order valence-corrected chi connectivity index (χ0v) is 15.9. The number of halogens is 2. The van der Waals surface area contributed by atoms with Gasteiger partial charge in [0.15, 0.2) is 11.5 Å². The first-order valence-electron chi connectivity index (χ1n) is 8.20. The minimum atomic E-state index is -0.399. The van der Waals surface area contributed by atoms with E-state index in [0.717, 1.165) is 11.1 Å². The van der Waals surface area contributed by atoms with E-state index in [-0.39, 0.29) is 0 Å². The Bertz CT molecular complexity index is 675. The smallest absolute Gasteiger partial charge is 0.180 e. The van der Waals surface area contributed by atoms with Crippen molar-refractivity contribution in [3.05, 3.63) is 57.6 Å². The van der Waals surface area contributed by atoms with Crippen molar-refractivity contribution >= 4 is 23.2 Å². The van der Waals surface area contributed by atoms with Crippen LogP contribution in [-0.2, 0) is 13.2 Å². The van der Waals surface area contributed by atoms with Crippen LogP contribution >= 0.6 is 23.2 Å². The molecule has 0 aromatic heterocycles. The van der Waals surface area contributed by atoms with E-state index in [2.05, 4.69) is 5.32 Å². The van der Waals surface area contributed by atoms with Gasteiger partial charge in [0.1, 0.15) is 6.61 Å². The first-order chi connectivity index (χ1) is 12.0. The molecule has 0 bridgehead atoms. The maximum Gasteiger partial charge on any atom is 0.180 e. The van der Waals surface area contributed by atoms with Crippen LogP contribution in [0.2, 0.25) is 10.0 Å². The summed E-state index contributed by atoms with van der Waals surface area (Å²) in [5.74, 6) is 1.13. The number of aliphatic hydroxyl groups excluding tert-OH is 1. The van der Waals surface area contributed by atoms with Crippen molar-refractivity contribution in [1.82, 2.24) is 5.32 Å². The van der Waals surface area contributed by atoms with Gasteiger partial charge in [0, 0.05) is 18.1 Å². The summed E-state index contributed by atoms with van der Waals surface area (Å²) in [7, 11) is 0. The van der Waals surface area contributed by atoms with Gasteiger partial charge in [-0.2, -0.15) is 0 Å². The summed E-state index contributed by atoms with van der Waals surface area (Å²) in [4.78, 5) is 0. The molecule has 1 atom stereocenters. The van der Waals surface area contributed by atoms with Gasteiger partial charge in [-0.25, -0.2) is 0 Å². The molecular weight excluding hydrogens is 361 g/mol. The number of rotatable bonds is 9. The van der Waals surface area contributed by atoms with Crippen LogP contribution in [0.4, 0.5) is 0 Å². The van der Waals surface area contributed by atoms with Gasteiger partial charge in [-0.3, -0.25) is 0 Å². The Balaban J connectivity index is 2.11. The lowest BCUT2D eigenvalue weighted by Crippen LogP contribution is -2.23. The van der Waals surface area contributed by atoms with Gasteiger partial charge in [0.2, 0.25) is 0 Å². The van der Waals surface area contributed by atoms with Crippen LogP contribution in [-0.4, -0.2) is 24.4 Å². The topological polar surface area (TPSA) is 50.7 Å². The molecule has 0 saturated heterocycles. The molecule has 0 amide bonds. The second kappa shape index (κ2) is 9.88. The van der Waals surface area contributed by atoms with Gasteiger partial charge >= 0.3 is 0 Å². The largest absolute Gasteiger partial charge is 0.490 e. The SMILES string of the molecule is CCOc1cc(CNCC(C)O)cc(Cl)c1OCc1ccc(Cl)cc1. The van der Waals surface area contributed by atoms with E-state index in [1.54, 1.807) is 6.92 Å². The van der Waals surface area contributed by atoms with Crippen LogP contribution in [0, 0.1) is 0 Å². The fraction of sp³-hybridized carbons (Fsp3) is 0.368. The van der Waals surface area contributed by atoms with Crippen molar-refractivity contribution in [3.63, 3.8) is 0 Å². The number of hydrogen-bond donors (Lipinski definition) is 2. The number of nitrogens with one attached hydrogen (secondary N) is 1. The summed E-state index contributed by atoms with van der Waals surface area (Å²) < 4.78 is 11.6. The quantitative estimate of drug-likeness (QED) is 0.671. The molecule has 4 nitrogen and oxygen atoms in total. The second-order valence-electron chi connectivity index (χ2n) is 5.73. The van der Waals surface area contributed by atoms with E-state index in [9.17, 15) is 5.11 Å². The van der Waals surface area contributed by atoms with Crippen LogP contribution in [0.25, 0.3) is 0 Å². The summed E-state index contributed by atoms with van der Waals surface area (Å²) in [6, 6.07) is 11.2. The predicted octanol–water partition coefficient (Wildman–Crippen LogP) is 4.44. The van der Waals surface area contributed by atoms with Gasteiger partial charge in [0.25, 0.3) is 0 Å². The van der Waals surface area contributed by atoms with Gasteiger partial charge in [0.05, 0.1) is 17.7 Å². The number of aliphatic hydroxyl groups is 1. The number of benzene rings is 2. The molecule has 0 aliphatic heterocycles. The highest BCUT2D eigenvalue weighted by Gasteiger charge is 2.13. The third-order valence-electron chi connectivity index (χ3n) is 3.43. The summed E-state index contributed by atoms with van der Waals surface area (Å²) in [5.41, 5.74) is 1.96. The first kappa shape index (κ1) is 19.9. The van der Waals surface area contributed by atoms with Gasteiger partial charge in [-0.05, 0) is 49.2 Å². The maximum absolute atomic E-state index is 9.32. The Morgan fingerprint density at radius 2 is 1.80 bits per heavy atom. The average Bonchev–Trinajstić information content (AvgIpc) is 2.55. The molecule has 2 N–H and O–H groups in total. The summed E-state index contributed by atoms with van der Waals surface area (Å²) in [5, 5.41) is 13.7. The molecule has 2 aromatic carbocycles. The molecule has 0 aliphatic rings. The van der Waals surface area contributed by atoms with E-state index < -0.39 is 6.10 Å². The third kappa shape index (κ3) is 6.40. The zero-order valence-electron chi connectivity index (χ0n) is 14.4. The van der Waals surface area contributed by atoms with Crippen LogP contribution in [0.5, 0.6) is 11.5 Å². The predicted molar refractivity (Wildman–Crippen MR) is 102 cm³/mol. The molecule has 0 radical (unpaired) electrons. The van der Waals surface area contributed by atoms with Crippen molar-refractivity contribution < 1.29 is 14.6 Å². The molecule has 1 unspecified atom stereocenters. The first-order valence-corrected chi connectivity index (χ1v) is 8.96. The van der Waals surface area contributed by atoms with Crippen LogP contribution in [0.15, 0.2) is 36.4 Å². The minimum absolute atomic E-state index is 0.372. The lowest BCUT2D eigenvalue weighted by atomic mass is 10.2. The van der Waals surface area contributed by atoms with Crippen molar-refractivity contribution in [2.45, 2.75) is 33.1 Å². The highest BCUT2D eigenvalue weighted by molar-refractivity contribution is 6.32. The molecular formula is C19H23Cl2NO3. The van der Waals surface area contributed by atoms with E-state index in [4.69, 9.17) is 32.7 Å². The van der Waals surface area contributed by atoms with Crippen molar-refractivity contribution in [2.24, 2.45) is 0 Å². The average molecular weight is 384 g/mol. The molecule has 2 rings (SSSR count). The standard InChI is InChI=1S/C19H23Cl2NO3/c1-3-24-18-9-15(11-22-10-13(2)23)8-17(21)19(18)25-12-14-4-6-16(20)7-5-14/h4-9,13,22-23H,3,10-12H2,1-2H3. The lowest BCUT2D eigenvalue weighted by molar-refractivity contribution is 0.191. The van der Waals surface area contributed by atoms with E-state index in [0.29, 0.717) is 47.8 Å². The normalized spacial score (nSPS) is 12.0. The Labute approximate surface area is 158 Å². The molecule has 0 fully saturated rings. The Morgan fingerprint density at radius 1 is 1.08 bits per heavy atom. The van der Waals surface area contributed by atoms with Crippen molar-refractivity contribution in [3.8, 4) is 11.5 Å². The fourth-order valence-corrected chi connectivity index (χ4v) is 2.70. The molecule has 6 heteroatoms. The van der Waals surface area contributed by atoms with Crippen LogP contribution < -0.4 is 14.8 Å². The molecule has 2 aromatic rings. The molecule has 0 heterocycles. The van der Waals surface area contributed by atoms with Gasteiger partial charge < -0.3 is 19.9 Å². The number of ether oxygens (including phenoxy) is 2.